The summed E-state index contributed by atoms with van der Waals surface area (Å²) in [5.41, 5.74) is 8.03. The quantitative estimate of drug-likeness (QED) is 0.156. The molecule has 5 nitrogen and oxygen atoms in total. The van der Waals surface area contributed by atoms with Crippen LogP contribution in [0.4, 0.5) is 5.13 Å². The number of thiazole rings is 1. The Labute approximate surface area is 225 Å². The van der Waals surface area contributed by atoms with Crippen LogP contribution in [0.25, 0.3) is 21.7 Å². The van der Waals surface area contributed by atoms with Gasteiger partial charge in [0.25, 0.3) is 0 Å². The van der Waals surface area contributed by atoms with E-state index >= 15 is 0 Å². The molecular formula is C30H24ClN3O2S. The predicted octanol–water partition coefficient (Wildman–Crippen LogP) is 8.16. The van der Waals surface area contributed by atoms with E-state index in [-0.39, 0.29) is 0 Å². The second-order valence-corrected chi connectivity index (χ2v) is 9.56. The summed E-state index contributed by atoms with van der Waals surface area (Å²) < 4.78 is 11.5. The molecule has 0 saturated carbocycles. The fourth-order valence-corrected chi connectivity index (χ4v) is 4.81. The van der Waals surface area contributed by atoms with Gasteiger partial charge in [0.15, 0.2) is 11.5 Å². The van der Waals surface area contributed by atoms with E-state index < -0.39 is 0 Å². The summed E-state index contributed by atoms with van der Waals surface area (Å²) in [4.78, 5) is 5.87. The van der Waals surface area contributed by atoms with Crippen LogP contribution in [0.1, 0.15) is 11.1 Å². The highest BCUT2D eigenvalue weighted by atomic mass is 35.5. The molecule has 1 N–H and O–H groups in total. The molecule has 0 amide bonds. The van der Waals surface area contributed by atoms with E-state index in [9.17, 15) is 0 Å². The molecule has 0 aliphatic rings. The van der Waals surface area contributed by atoms with Crippen molar-refractivity contribution in [2.45, 2.75) is 6.61 Å². The van der Waals surface area contributed by atoms with Crippen molar-refractivity contribution in [2.24, 2.45) is 5.10 Å². The summed E-state index contributed by atoms with van der Waals surface area (Å²) >= 11 is 7.64. The highest BCUT2D eigenvalue weighted by Gasteiger charge is 2.15. The summed E-state index contributed by atoms with van der Waals surface area (Å²) in [5, 5.41) is 5.81. The fraction of sp³-hybridized carbons (Fsp3) is 0.0667. The van der Waals surface area contributed by atoms with Gasteiger partial charge in [0, 0.05) is 10.6 Å². The number of hydrogen-bond acceptors (Lipinski definition) is 6. The number of hydrazone groups is 1. The number of halogens is 1. The lowest BCUT2D eigenvalue weighted by atomic mass is 10.1. The van der Waals surface area contributed by atoms with E-state index in [1.165, 1.54) is 11.3 Å². The third kappa shape index (κ3) is 6.17. The molecule has 0 atom stereocenters. The number of hydrogen-bond donors (Lipinski definition) is 1. The Hall–Kier alpha value is -4.13. The van der Waals surface area contributed by atoms with Gasteiger partial charge >= 0.3 is 0 Å². The van der Waals surface area contributed by atoms with Crippen LogP contribution in [0.3, 0.4) is 0 Å². The van der Waals surface area contributed by atoms with Crippen molar-refractivity contribution in [1.29, 1.82) is 0 Å². The second-order valence-electron chi connectivity index (χ2n) is 8.12. The molecule has 7 heteroatoms. The van der Waals surface area contributed by atoms with Gasteiger partial charge in [-0.2, -0.15) is 5.10 Å². The number of benzene rings is 4. The number of nitrogens with one attached hydrogen (secondary N) is 1. The molecule has 0 unspecified atom stereocenters. The highest BCUT2D eigenvalue weighted by molar-refractivity contribution is 7.19. The maximum Gasteiger partial charge on any atom is 0.204 e. The molecular weight excluding hydrogens is 502 g/mol. The average molecular weight is 526 g/mol. The number of aromatic nitrogens is 1. The summed E-state index contributed by atoms with van der Waals surface area (Å²) in [6.45, 7) is 0.468. The van der Waals surface area contributed by atoms with Crippen molar-refractivity contribution in [3.05, 3.63) is 119 Å². The molecule has 5 aromatic rings. The van der Waals surface area contributed by atoms with E-state index in [1.54, 1.807) is 13.3 Å². The van der Waals surface area contributed by atoms with Crippen molar-refractivity contribution in [1.82, 2.24) is 4.98 Å². The Balaban J connectivity index is 1.33. The van der Waals surface area contributed by atoms with Gasteiger partial charge in [-0.3, -0.25) is 5.43 Å². The van der Waals surface area contributed by atoms with Crippen LogP contribution < -0.4 is 14.9 Å². The first kappa shape index (κ1) is 24.6. The SMILES string of the molecule is COc1cc(/C=N\Nc2nc(-c3ccccc3)c(-c3ccc(Cl)cc3)s2)ccc1OCc1ccccc1. The standard InChI is InChI=1S/C30H24ClN3O2S/c1-35-27-18-22(12-17-26(27)36-20-21-8-4-2-5-9-21)19-32-34-30-33-28(23-10-6-3-7-11-23)29(37-30)24-13-15-25(31)16-14-24/h2-19H,20H2,1H3,(H,33,34)/b32-19-. The number of nitrogens with zero attached hydrogens (tertiary/aromatic N) is 2. The predicted molar refractivity (Wildman–Crippen MR) is 153 cm³/mol. The Kier molecular flexibility index (Phi) is 7.79. The lowest BCUT2D eigenvalue weighted by Crippen LogP contribution is -1.98. The molecule has 0 fully saturated rings. The molecule has 0 saturated heterocycles. The minimum Gasteiger partial charge on any atom is -0.493 e. The summed E-state index contributed by atoms with van der Waals surface area (Å²) in [7, 11) is 1.63. The molecule has 1 aromatic heterocycles. The fourth-order valence-electron chi connectivity index (χ4n) is 3.74. The highest BCUT2D eigenvalue weighted by Crippen LogP contribution is 2.39. The third-order valence-electron chi connectivity index (χ3n) is 5.58. The maximum absolute atomic E-state index is 6.10. The van der Waals surface area contributed by atoms with Gasteiger partial charge in [-0.1, -0.05) is 95.7 Å². The molecule has 5 rings (SSSR count). The van der Waals surface area contributed by atoms with Crippen LogP contribution in [0, 0.1) is 0 Å². The van der Waals surface area contributed by atoms with Crippen molar-refractivity contribution in [3.63, 3.8) is 0 Å². The minimum atomic E-state index is 0.468. The zero-order chi connectivity index (χ0) is 25.5. The van der Waals surface area contributed by atoms with E-state index in [4.69, 9.17) is 26.1 Å². The van der Waals surface area contributed by atoms with Gasteiger partial charge in [-0.25, -0.2) is 4.98 Å². The van der Waals surface area contributed by atoms with Crippen LogP contribution in [-0.4, -0.2) is 18.3 Å². The number of anilines is 1. The zero-order valence-corrected chi connectivity index (χ0v) is 21.7. The molecule has 0 bridgehead atoms. The minimum absolute atomic E-state index is 0.468. The first-order valence-electron chi connectivity index (χ1n) is 11.7. The summed E-state index contributed by atoms with van der Waals surface area (Å²) in [5.74, 6) is 1.32. The van der Waals surface area contributed by atoms with Crippen LogP contribution in [0.2, 0.25) is 5.02 Å². The lowest BCUT2D eigenvalue weighted by molar-refractivity contribution is 0.284. The number of ether oxygens (including phenoxy) is 2. The first-order valence-corrected chi connectivity index (χ1v) is 12.8. The Bertz CT molecular complexity index is 1490. The van der Waals surface area contributed by atoms with Crippen LogP contribution in [0.5, 0.6) is 11.5 Å². The monoisotopic (exact) mass is 525 g/mol. The van der Waals surface area contributed by atoms with E-state index in [0.29, 0.717) is 28.3 Å². The van der Waals surface area contributed by atoms with E-state index in [0.717, 1.165) is 32.8 Å². The van der Waals surface area contributed by atoms with Gasteiger partial charge in [0.05, 0.1) is 23.9 Å². The van der Waals surface area contributed by atoms with Crippen LogP contribution >= 0.6 is 22.9 Å². The largest absolute Gasteiger partial charge is 0.493 e. The Morgan fingerprint density at radius 2 is 1.59 bits per heavy atom. The molecule has 0 aliphatic heterocycles. The summed E-state index contributed by atoms with van der Waals surface area (Å²) in [6, 6.07) is 33.6. The lowest BCUT2D eigenvalue weighted by Gasteiger charge is -2.11. The number of rotatable bonds is 9. The van der Waals surface area contributed by atoms with Crippen molar-refractivity contribution >= 4 is 34.3 Å². The Morgan fingerprint density at radius 3 is 2.32 bits per heavy atom. The molecule has 0 aliphatic carbocycles. The molecule has 4 aromatic carbocycles. The van der Waals surface area contributed by atoms with Crippen molar-refractivity contribution in [3.8, 4) is 33.2 Å². The molecule has 1 heterocycles. The third-order valence-corrected chi connectivity index (χ3v) is 6.84. The Morgan fingerprint density at radius 1 is 0.865 bits per heavy atom. The van der Waals surface area contributed by atoms with Gasteiger partial charge in [0.2, 0.25) is 5.13 Å². The first-order chi connectivity index (χ1) is 18.2. The van der Waals surface area contributed by atoms with Crippen molar-refractivity contribution in [2.75, 3.05) is 12.5 Å². The topological polar surface area (TPSA) is 55.7 Å². The van der Waals surface area contributed by atoms with Gasteiger partial charge in [-0.15, -0.1) is 0 Å². The summed E-state index contributed by atoms with van der Waals surface area (Å²) in [6.07, 6.45) is 1.73. The second kappa shape index (κ2) is 11.7. The smallest absolute Gasteiger partial charge is 0.204 e. The van der Waals surface area contributed by atoms with Crippen LogP contribution in [0.15, 0.2) is 108 Å². The van der Waals surface area contributed by atoms with E-state index in [2.05, 4.69) is 22.7 Å². The van der Waals surface area contributed by atoms with Crippen LogP contribution in [-0.2, 0) is 6.61 Å². The molecule has 37 heavy (non-hydrogen) atoms. The van der Waals surface area contributed by atoms with Gasteiger partial charge < -0.3 is 9.47 Å². The normalized spacial score (nSPS) is 11.0. The van der Waals surface area contributed by atoms with E-state index in [1.807, 2.05) is 91.0 Å². The molecule has 0 radical (unpaired) electrons. The van der Waals surface area contributed by atoms with Gasteiger partial charge in [0.1, 0.15) is 6.61 Å². The number of methoxy groups -OCH3 is 1. The molecule has 184 valence electrons. The van der Waals surface area contributed by atoms with Gasteiger partial charge in [-0.05, 0) is 47.0 Å². The zero-order valence-electron chi connectivity index (χ0n) is 20.1. The average Bonchev–Trinajstić information content (AvgIpc) is 3.38. The molecule has 0 spiro atoms. The maximum atomic E-state index is 6.10. The van der Waals surface area contributed by atoms with Crippen molar-refractivity contribution < 1.29 is 9.47 Å².